The van der Waals surface area contributed by atoms with Crippen LogP contribution in [0, 0.1) is 6.92 Å². The van der Waals surface area contributed by atoms with Crippen LogP contribution in [0.25, 0.3) is 0 Å². The Labute approximate surface area is 123 Å². The Morgan fingerprint density at radius 2 is 2.14 bits per heavy atom. The van der Waals surface area contributed by atoms with Crippen LogP contribution >= 0.6 is 0 Å². The Bertz CT molecular complexity index is 583. The molecule has 0 saturated carbocycles. The number of aryl methyl sites for hydroxylation is 1. The molecule has 0 saturated heterocycles. The molecule has 0 aliphatic carbocycles. The summed E-state index contributed by atoms with van der Waals surface area (Å²) in [7, 11) is 0. The number of nitrogens with zero attached hydrogens (tertiary/aromatic N) is 2. The zero-order chi connectivity index (χ0) is 15.1. The summed E-state index contributed by atoms with van der Waals surface area (Å²) in [5, 5.41) is 9.01. The normalized spacial score (nSPS) is 10.2. The van der Waals surface area contributed by atoms with Crippen LogP contribution in [0.4, 0.5) is 11.8 Å². The van der Waals surface area contributed by atoms with E-state index < -0.39 is 0 Å². The molecule has 0 spiro atoms. The molecule has 7 heteroatoms. The summed E-state index contributed by atoms with van der Waals surface area (Å²) in [6, 6.07) is 3.50. The number of hydrogen-bond donors (Lipinski definition) is 3. The maximum atomic E-state index is 11.7. The van der Waals surface area contributed by atoms with Crippen molar-refractivity contribution < 1.29 is 9.21 Å². The smallest absolute Gasteiger partial charge is 0.254 e. The number of amides is 1. The van der Waals surface area contributed by atoms with E-state index in [1.165, 1.54) is 12.5 Å². The quantitative estimate of drug-likeness (QED) is 0.671. The number of furan rings is 1. The molecule has 0 radical (unpaired) electrons. The van der Waals surface area contributed by atoms with Crippen molar-refractivity contribution in [3.63, 3.8) is 0 Å². The zero-order valence-corrected chi connectivity index (χ0v) is 12.1. The second kappa shape index (κ2) is 7.28. The van der Waals surface area contributed by atoms with Gasteiger partial charge >= 0.3 is 0 Å². The molecule has 0 unspecified atom stereocenters. The van der Waals surface area contributed by atoms with Crippen molar-refractivity contribution in [3.8, 4) is 0 Å². The molecule has 2 heterocycles. The van der Waals surface area contributed by atoms with Crippen molar-refractivity contribution in [3.05, 3.63) is 35.9 Å². The molecule has 2 aromatic heterocycles. The van der Waals surface area contributed by atoms with Crippen LogP contribution in [-0.4, -0.2) is 35.5 Å². The summed E-state index contributed by atoms with van der Waals surface area (Å²) >= 11 is 0. The van der Waals surface area contributed by atoms with E-state index in [-0.39, 0.29) is 5.91 Å². The third-order valence-electron chi connectivity index (χ3n) is 2.69. The fourth-order valence-electron chi connectivity index (χ4n) is 1.77. The van der Waals surface area contributed by atoms with Gasteiger partial charge in [-0.05, 0) is 19.9 Å². The molecule has 0 aliphatic heterocycles. The van der Waals surface area contributed by atoms with Gasteiger partial charge in [0.25, 0.3) is 5.91 Å². The van der Waals surface area contributed by atoms with Crippen LogP contribution in [0.5, 0.6) is 0 Å². The van der Waals surface area contributed by atoms with E-state index in [2.05, 4.69) is 25.9 Å². The fraction of sp³-hybridized carbons (Fsp3) is 0.357. The first-order valence-corrected chi connectivity index (χ1v) is 6.83. The summed E-state index contributed by atoms with van der Waals surface area (Å²) in [4.78, 5) is 20.3. The Hall–Kier alpha value is -2.57. The number of anilines is 2. The van der Waals surface area contributed by atoms with Crippen molar-refractivity contribution in [2.45, 2.75) is 13.8 Å². The van der Waals surface area contributed by atoms with Gasteiger partial charge in [-0.1, -0.05) is 0 Å². The molecular formula is C14H19N5O2. The van der Waals surface area contributed by atoms with Crippen LogP contribution < -0.4 is 16.0 Å². The molecule has 1 amide bonds. The summed E-state index contributed by atoms with van der Waals surface area (Å²) in [5.41, 5.74) is 1.39. The highest BCUT2D eigenvalue weighted by atomic mass is 16.3. The highest BCUT2D eigenvalue weighted by Crippen LogP contribution is 2.08. The summed E-state index contributed by atoms with van der Waals surface area (Å²) < 4.78 is 4.86. The highest BCUT2D eigenvalue weighted by molar-refractivity contribution is 5.93. The molecule has 0 fully saturated rings. The maximum Gasteiger partial charge on any atom is 0.254 e. The standard InChI is InChI=1S/C14H19N5O2/c1-3-15-12-8-10(2)18-14(19-12)17-6-5-16-13(20)11-4-7-21-9-11/h4,7-9H,3,5-6H2,1-2H3,(H,16,20)(H2,15,17,18,19). The van der Waals surface area contributed by atoms with Crippen molar-refractivity contribution in [2.75, 3.05) is 30.3 Å². The van der Waals surface area contributed by atoms with Gasteiger partial charge < -0.3 is 20.4 Å². The highest BCUT2D eigenvalue weighted by Gasteiger charge is 2.05. The number of carbonyl (C=O) groups excluding carboxylic acids is 1. The number of carbonyl (C=O) groups is 1. The zero-order valence-electron chi connectivity index (χ0n) is 12.1. The lowest BCUT2D eigenvalue weighted by atomic mass is 10.3. The predicted molar refractivity (Wildman–Crippen MR) is 80.5 cm³/mol. The molecule has 0 aliphatic rings. The fourth-order valence-corrected chi connectivity index (χ4v) is 1.77. The molecule has 7 nitrogen and oxygen atoms in total. The van der Waals surface area contributed by atoms with Gasteiger partial charge in [0.1, 0.15) is 12.1 Å². The third-order valence-corrected chi connectivity index (χ3v) is 2.69. The molecular weight excluding hydrogens is 270 g/mol. The Morgan fingerprint density at radius 3 is 2.86 bits per heavy atom. The van der Waals surface area contributed by atoms with Crippen LogP contribution in [0.15, 0.2) is 29.1 Å². The van der Waals surface area contributed by atoms with E-state index in [0.29, 0.717) is 24.6 Å². The largest absolute Gasteiger partial charge is 0.472 e. The maximum absolute atomic E-state index is 11.7. The SMILES string of the molecule is CCNc1cc(C)nc(NCCNC(=O)c2ccoc2)n1. The second-order valence-corrected chi connectivity index (χ2v) is 4.44. The Balaban J connectivity index is 1.79. The van der Waals surface area contributed by atoms with Crippen LogP contribution in [0.3, 0.4) is 0 Å². The minimum absolute atomic E-state index is 0.163. The molecule has 112 valence electrons. The van der Waals surface area contributed by atoms with Gasteiger partial charge in [0.2, 0.25) is 5.95 Å². The number of hydrogen-bond acceptors (Lipinski definition) is 6. The molecule has 21 heavy (non-hydrogen) atoms. The van der Waals surface area contributed by atoms with E-state index in [0.717, 1.165) is 18.1 Å². The van der Waals surface area contributed by atoms with Crippen LogP contribution in [-0.2, 0) is 0 Å². The van der Waals surface area contributed by atoms with Crippen molar-refractivity contribution in [2.24, 2.45) is 0 Å². The number of nitrogens with one attached hydrogen (secondary N) is 3. The topological polar surface area (TPSA) is 92.1 Å². The molecule has 0 atom stereocenters. The van der Waals surface area contributed by atoms with Gasteiger partial charge in [0, 0.05) is 31.4 Å². The van der Waals surface area contributed by atoms with Gasteiger partial charge in [-0.2, -0.15) is 4.98 Å². The molecule has 0 bridgehead atoms. The lowest BCUT2D eigenvalue weighted by molar-refractivity contribution is 0.0954. The average molecular weight is 289 g/mol. The van der Waals surface area contributed by atoms with Gasteiger partial charge in [-0.15, -0.1) is 0 Å². The van der Waals surface area contributed by atoms with Crippen molar-refractivity contribution >= 4 is 17.7 Å². The summed E-state index contributed by atoms with van der Waals surface area (Å²) in [6.45, 7) is 5.73. The number of aromatic nitrogens is 2. The first kappa shape index (κ1) is 14.8. The molecule has 2 aromatic rings. The van der Waals surface area contributed by atoms with E-state index in [4.69, 9.17) is 4.42 Å². The van der Waals surface area contributed by atoms with E-state index in [1.54, 1.807) is 6.07 Å². The lowest BCUT2D eigenvalue weighted by Crippen LogP contribution is -2.28. The van der Waals surface area contributed by atoms with E-state index in [1.807, 2.05) is 19.9 Å². The first-order chi connectivity index (χ1) is 10.2. The minimum atomic E-state index is -0.163. The molecule has 2 rings (SSSR count). The predicted octanol–water partition coefficient (Wildman–Crippen LogP) is 1.65. The van der Waals surface area contributed by atoms with E-state index >= 15 is 0 Å². The average Bonchev–Trinajstić information content (AvgIpc) is 2.97. The first-order valence-electron chi connectivity index (χ1n) is 6.83. The van der Waals surface area contributed by atoms with Gasteiger partial charge in [-0.3, -0.25) is 4.79 Å². The third kappa shape index (κ3) is 4.48. The van der Waals surface area contributed by atoms with Gasteiger partial charge in [0.15, 0.2) is 0 Å². The number of rotatable bonds is 7. The lowest BCUT2D eigenvalue weighted by Gasteiger charge is -2.09. The van der Waals surface area contributed by atoms with E-state index in [9.17, 15) is 4.79 Å². The van der Waals surface area contributed by atoms with Crippen molar-refractivity contribution in [1.82, 2.24) is 15.3 Å². The Morgan fingerprint density at radius 1 is 1.29 bits per heavy atom. The minimum Gasteiger partial charge on any atom is -0.472 e. The second-order valence-electron chi connectivity index (χ2n) is 4.44. The monoisotopic (exact) mass is 289 g/mol. The van der Waals surface area contributed by atoms with Gasteiger partial charge in [-0.25, -0.2) is 4.98 Å². The summed E-state index contributed by atoms with van der Waals surface area (Å²) in [6.07, 6.45) is 2.88. The van der Waals surface area contributed by atoms with Crippen LogP contribution in [0.1, 0.15) is 23.0 Å². The summed E-state index contributed by atoms with van der Waals surface area (Å²) in [5.74, 6) is 1.17. The van der Waals surface area contributed by atoms with Gasteiger partial charge in [0.05, 0.1) is 11.8 Å². The Kier molecular flexibility index (Phi) is 5.14. The van der Waals surface area contributed by atoms with Crippen LogP contribution in [0.2, 0.25) is 0 Å². The molecule has 0 aromatic carbocycles. The molecule has 3 N–H and O–H groups in total. The van der Waals surface area contributed by atoms with Crippen molar-refractivity contribution in [1.29, 1.82) is 0 Å².